The molecule has 1 aromatic rings. The van der Waals surface area contributed by atoms with Crippen LogP contribution in [0.5, 0.6) is 0 Å². The van der Waals surface area contributed by atoms with Gasteiger partial charge in [0, 0.05) is 5.56 Å². The second-order valence-corrected chi connectivity index (χ2v) is 4.60. The zero-order chi connectivity index (χ0) is 9.90. The maximum atomic E-state index is 10.4. The van der Waals surface area contributed by atoms with E-state index in [1.165, 1.54) is 5.56 Å². The van der Waals surface area contributed by atoms with Crippen LogP contribution in [0.4, 0.5) is 0 Å². The van der Waals surface area contributed by atoms with Crippen molar-refractivity contribution >= 4 is 6.29 Å². The first-order valence-corrected chi connectivity index (χ1v) is 4.55. The van der Waals surface area contributed by atoms with Gasteiger partial charge in [0.2, 0.25) is 0 Å². The quantitative estimate of drug-likeness (QED) is 0.633. The summed E-state index contributed by atoms with van der Waals surface area (Å²) in [5, 5.41) is 0. The topological polar surface area (TPSA) is 17.1 Å². The van der Waals surface area contributed by atoms with Crippen LogP contribution < -0.4 is 0 Å². The predicted molar refractivity (Wildman–Crippen MR) is 55.0 cm³/mol. The molecule has 13 heavy (non-hydrogen) atoms. The van der Waals surface area contributed by atoms with Gasteiger partial charge in [-0.25, -0.2) is 0 Å². The highest BCUT2D eigenvalue weighted by atomic mass is 16.1. The minimum absolute atomic E-state index is 0.308. The Kier molecular flexibility index (Phi) is 2.86. The van der Waals surface area contributed by atoms with Crippen LogP contribution in [0.2, 0.25) is 0 Å². The summed E-state index contributed by atoms with van der Waals surface area (Å²) in [5.41, 5.74) is 2.35. The third-order valence-corrected chi connectivity index (χ3v) is 1.85. The third-order valence-electron chi connectivity index (χ3n) is 1.85. The van der Waals surface area contributed by atoms with Crippen LogP contribution in [0, 0.1) is 5.41 Å². The molecule has 0 unspecified atom stereocenters. The number of hydrogen-bond acceptors (Lipinski definition) is 1. The molecule has 1 rings (SSSR count). The first-order chi connectivity index (χ1) is 6.01. The van der Waals surface area contributed by atoms with Gasteiger partial charge in [0.25, 0.3) is 0 Å². The van der Waals surface area contributed by atoms with Crippen LogP contribution in [0.3, 0.4) is 0 Å². The molecule has 0 aromatic heterocycles. The summed E-state index contributed by atoms with van der Waals surface area (Å²) in [6.07, 6.45) is 1.92. The van der Waals surface area contributed by atoms with Gasteiger partial charge in [0.1, 0.15) is 6.29 Å². The van der Waals surface area contributed by atoms with E-state index in [0.29, 0.717) is 5.41 Å². The first kappa shape index (κ1) is 9.97. The van der Waals surface area contributed by atoms with Gasteiger partial charge in [-0.1, -0.05) is 45.0 Å². The lowest BCUT2D eigenvalue weighted by atomic mass is 9.88. The molecule has 0 saturated carbocycles. The summed E-state index contributed by atoms with van der Waals surface area (Å²) >= 11 is 0. The average Bonchev–Trinajstić information content (AvgIpc) is 2.03. The number of aldehydes is 1. The Morgan fingerprint density at radius 3 is 2.08 bits per heavy atom. The minimum atomic E-state index is 0.308. The molecule has 0 heterocycles. The predicted octanol–water partition coefficient (Wildman–Crippen LogP) is 3.09. The van der Waals surface area contributed by atoms with Crippen LogP contribution in [0.1, 0.15) is 36.7 Å². The number of carbonyl (C=O) groups is 1. The first-order valence-electron chi connectivity index (χ1n) is 4.55. The number of hydrogen-bond donors (Lipinski definition) is 0. The Morgan fingerprint density at radius 2 is 1.69 bits per heavy atom. The normalized spacial score (nSPS) is 11.3. The molecule has 0 N–H and O–H groups in total. The van der Waals surface area contributed by atoms with Gasteiger partial charge in [-0.15, -0.1) is 0 Å². The van der Waals surface area contributed by atoms with Gasteiger partial charge in [-0.05, 0) is 17.4 Å². The fourth-order valence-corrected chi connectivity index (χ4v) is 1.33. The molecule has 0 aliphatic heterocycles. The maximum absolute atomic E-state index is 10.4. The molecule has 0 aliphatic rings. The van der Waals surface area contributed by atoms with Gasteiger partial charge in [0.15, 0.2) is 0 Å². The number of benzene rings is 1. The standard InChI is InChI=1S/C12H16O/c1-12(2,3)8-10-4-6-11(9-13)7-5-10/h4-7,9H,8H2,1-3H3. The Bertz CT molecular complexity index is 277. The van der Waals surface area contributed by atoms with Crippen LogP contribution >= 0.6 is 0 Å². The van der Waals surface area contributed by atoms with Crippen molar-refractivity contribution in [3.8, 4) is 0 Å². The molecule has 0 fully saturated rings. The Balaban J connectivity index is 2.75. The SMILES string of the molecule is CC(C)(C)Cc1ccc(C=O)cc1. The number of carbonyl (C=O) groups excluding carboxylic acids is 1. The zero-order valence-corrected chi connectivity index (χ0v) is 8.50. The van der Waals surface area contributed by atoms with Crippen LogP contribution in [0.15, 0.2) is 24.3 Å². The van der Waals surface area contributed by atoms with Crippen LogP contribution in [-0.4, -0.2) is 6.29 Å². The highest BCUT2D eigenvalue weighted by Gasteiger charge is 2.10. The van der Waals surface area contributed by atoms with Crippen molar-refractivity contribution in [2.45, 2.75) is 27.2 Å². The zero-order valence-electron chi connectivity index (χ0n) is 8.50. The lowest BCUT2D eigenvalue weighted by Crippen LogP contribution is -2.08. The lowest BCUT2D eigenvalue weighted by Gasteiger charge is -2.17. The highest BCUT2D eigenvalue weighted by Crippen LogP contribution is 2.20. The smallest absolute Gasteiger partial charge is 0.150 e. The van der Waals surface area contributed by atoms with E-state index in [1.54, 1.807) is 0 Å². The van der Waals surface area contributed by atoms with E-state index in [-0.39, 0.29) is 0 Å². The Hall–Kier alpha value is -1.11. The van der Waals surface area contributed by atoms with Crippen molar-refractivity contribution in [1.29, 1.82) is 0 Å². The molecule has 0 aliphatic carbocycles. The molecule has 0 amide bonds. The summed E-state index contributed by atoms with van der Waals surface area (Å²) in [5.74, 6) is 0. The fourth-order valence-electron chi connectivity index (χ4n) is 1.33. The molecule has 0 atom stereocenters. The van der Waals surface area contributed by atoms with Crippen molar-refractivity contribution in [2.75, 3.05) is 0 Å². The lowest BCUT2D eigenvalue weighted by molar-refractivity contribution is 0.112. The summed E-state index contributed by atoms with van der Waals surface area (Å²) < 4.78 is 0. The summed E-state index contributed by atoms with van der Waals surface area (Å²) in [6.45, 7) is 6.63. The van der Waals surface area contributed by atoms with E-state index in [4.69, 9.17) is 0 Å². The van der Waals surface area contributed by atoms with E-state index < -0.39 is 0 Å². The van der Waals surface area contributed by atoms with Crippen LogP contribution in [0.25, 0.3) is 0 Å². The van der Waals surface area contributed by atoms with Crippen molar-refractivity contribution < 1.29 is 4.79 Å². The van der Waals surface area contributed by atoms with Crippen molar-refractivity contribution in [3.63, 3.8) is 0 Å². The van der Waals surface area contributed by atoms with E-state index >= 15 is 0 Å². The Labute approximate surface area is 79.8 Å². The molecular weight excluding hydrogens is 160 g/mol. The number of rotatable bonds is 2. The summed E-state index contributed by atoms with van der Waals surface area (Å²) in [7, 11) is 0. The molecule has 1 aromatic carbocycles. The van der Waals surface area contributed by atoms with Gasteiger partial charge >= 0.3 is 0 Å². The molecule has 0 bridgehead atoms. The van der Waals surface area contributed by atoms with Gasteiger partial charge < -0.3 is 0 Å². The van der Waals surface area contributed by atoms with Crippen molar-refractivity contribution in [3.05, 3.63) is 35.4 Å². The molecule has 70 valence electrons. The van der Waals surface area contributed by atoms with E-state index in [9.17, 15) is 4.79 Å². The average molecular weight is 176 g/mol. The third kappa shape index (κ3) is 3.41. The van der Waals surface area contributed by atoms with Crippen LogP contribution in [-0.2, 0) is 6.42 Å². The maximum Gasteiger partial charge on any atom is 0.150 e. The largest absolute Gasteiger partial charge is 0.298 e. The van der Waals surface area contributed by atoms with Crippen molar-refractivity contribution in [1.82, 2.24) is 0 Å². The molecule has 1 heteroatoms. The molecule has 0 saturated heterocycles. The second-order valence-electron chi connectivity index (χ2n) is 4.60. The van der Waals surface area contributed by atoms with Gasteiger partial charge in [-0.2, -0.15) is 0 Å². The second kappa shape index (κ2) is 3.73. The van der Waals surface area contributed by atoms with E-state index in [0.717, 1.165) is 18.3 Å². The van der Waals surface area contributed by atoms with E-state index in [1.807, 2.05) is 24.3 Å². The fraction of sp³-hybridized carbons (Fsp3) is 0.417. The Morgan fingerprint density at radius 1 is 1.15 bits per heavy atom. The van der Waals surface area contributed by atoms with Gasteiger partial charge in [-0.3, -0.25) is 4.79 Å². The highest BCUT2D eigenvalue weighted by molar-refractivity contribution is 5.74. The summed E-state index contributed by atoms with van der Waals surface area (Å²) in [4.78, 5) is 10.4. The summed E-state index contributed by atoms with van der Waals surface area (Å²) in [6, 6.07) is 7.78. The molecule has 1 nitrogen and oxygen atoms in total. The van der Waals surface area contributed by atoms with E-state index in [2.05, 4.69) is 20.8 Å². The van der Waals surface area contributed by atoms with Crippen molar-refractivity contribution in [2.24, 2.45) is 5.41 Å². The minimum Gasteiger partial charge on any atom is -0.298 e. The molecular formula is C12H16O. The monoisotopic (exact) mass is 176 g/mol. The molecule has 0 spiro atoms. The molecule has 0 radical (unpaired) electrons. The van der Waals surface area contributed by atoms with Gasteiger partial charge in [0.05, 0.1) is 0 Å².